The number of carbonyl (C=O) groups excluding carboxylic acids is 2. The molecule has 0 fully saturated rings. The van der Waals surface area contributed by atoms with Gasteiger partial charge in [0.05, 0.1) is 0 Å². The minimum atomic E-state index is -3.43. The van der Waals surface area contributed by atoms with E-state index >= 15 is 0 Å². The van der Waals surface area contributed by atoms with Crippen molar-refractivity contribution in [3.8, 4) is 11.3 Å². The fourth-order valence-electron chi connectivity index (χ4n) is 3.01. The molecular formula is C22H22ClN3O6S. The summed E-state index contributed by atoms with van der Waals surface area (Å²) in [6, 6.07) is 13.5. The molecular weight excluding hydrogens is 470 g/mol. The van der Waals surface area contributed by atoms with E-state index in [1.165, 1.54) is 0 Å². The van der Waals surface area contributed by atoms with E-state index in [1.807, 2.05) is 0 Å². The third-order valence-electron chi connectivity index (χ3n) is 4.54. The fraction of sp³-hybridized carbons (Fsp3) is 0.227. The number of hydrogen-bond acceptors (Lipinski definition) is 7. The summed E-state index contributed by atoms with van der Waals surface area (Å²) in [5.41, 5.74) is 2.43. The number of ether oxygens (including phenoxy) is 1. The van der Waals surface area contributed by atoms with E-state index in [-0.39, 0.29) is 0 Å². The topological polar surface area (TPSA) is 128 Å². The van der Waals surface area contributed by atoms with E-state index in [9.17, 15) is 18.0 Å². The summed E-state index contributed by atoms with van der Waals surface area (Å²) in [4.78, 5) is 24.3. The van der Waals surface area contributed by atoms with E-state index in [1.54, 1.807) is 62.4 Å². The van der Waals surface area contributed by atoms with Crippen LogP contribution < -0.4 is 10.6 Å². The van der Waals surface area contributed by atoms with Crippen molar-refractivity contribution in [2.45, 2.75) is 20.0 Å². The highest BCUT2D eigenvalue weighted by Gasteiger charge is 2.21. The second-order valence-electron chi connectivity index (χ2n) is 7.36. The summed E-state index contributed by atoms with van der Waals surface area (Å²) in [5.74, 6) is -0.957. The number of carbonyl (C=O) groups is 2. The number of hydrogen-bond donors (Lipinski definition) is 2. The molecule has 0 saturated carbocycles. The number of nitrogens with zero attached hydrogens (tertiary/aromatic N) is 1. The predicted molar refractivity (Wildman–Crippen MR) is 125 cm³/mol. The van der Waals surface area contributed by atoms with Gasteiger partial charge < -0.3 is 14.6 Å². The van der Waals surface area contributed by atoms with Gasteiger partial charge in [-0.2, -0.15) is 0 Å². The zero-order valence-electron chi connectivity index (χ0n) is 18.1. The van der Waals surface area contributed by atoms with E-state index in [0.717, 1.165) is 6.26 Å². The number of aryl methyl sites for hydroxylation is 1. The van der Waals surface area contributed by atoms with Gasteiger partial charge in [0.25, 0.3) is 0 Å². The molecule has 1 unspecified atom stereocenters. The molecule has 0 bridgehead atoms. The van der Waals surface area contributed by atoms with Crippen molar-refractivity contribution in [3.63, 3.8) is 0 Å². The molecule has 1 atom stereocenters. The number of rotatable bonds is 7. The van der Waals surface area contributed by atoms with Crippen molar-refractivity contribution in [2.75, 3.05) is 22.6 Å². The first-order valence-corrected chi connectivity index (χ1v) is 12.2. The Kier molecular flexibility index (Phi) is 7.39. The zero-order valence-corrected chi connectivity index (χ0v) is 19.7. The first-order chi connectivity index (χ1) is 15.5. The fourth-order valence-corrected chi connectivity index (χ4v) is 3.85. The third kappa shape index (κ3) is 6.56. The van der Waals surface area contributed by atoms with Crippen molar-refractivity contribution >= 4 is 44.8 Å². The maximum Gasteiger partial charge on any atom is 0.412 e. The molecule has 2 amide bonds. The smallest absolute Gasteiger partial charge is 0.412 e. The third-order valence-corrected chi connectivity index (χ3v) is 5.67. The largest absolute Gasteiger partial charge is 0.441 e. The standard InChI is InChI=1S/C22H22ClN3O6S/c1-13-20(25-22(28)31-14(2)17-6-4-5-7-18(17)23)21(32-26-13)15-8-10-16(11-9-15)24-19(27)12-33(3,29)30/h4-11,14H,12H2,1-3H3,(H,24,27)(H,25,28). The summed E-state index contributed by atoms with van der Waals surface area (Å²) >= 11 is 6.16. The van der Waals surface area contributed by atoms with Crippen LogP contribution in [0.15, 0.2) is 53.1 Å². The summed E-state index contributed by atoms with van der Waals surface area (Å²) in [6.07, 6.45) is -0.312. The molecule has 0 spiro atoms. The van der Waals surface area contributed by atoms with Crippen LogP contribution in [0.1, 0.15) is 24.3 Å². The molecule has 2 aromatic carbocycles. The second kappa shape index (κ2) is 10.1. The first kappa shape index (κ1) is 24.3. The van der Waals surface area contributed by atoms with Crippen LogP contribution in [-0.4, -0.2) is 37.6 Å². The van der Waals surface area contributed by atoms with Gasteiger partial charge in [0.2, 0.25) is 5.91 Å². The first-order valence-electron chi connectivity index (χ1n) is 9.80. The van der Waals surface area contributed by atoms with Gasteiger partial charge in [0.1, 0.15) is 23.2 Å². The SMILES string of the molecule is Cc1noc(-c2ccc(NC(=O)CS(C)(=O)=O)cc2)c1NC(=O)OC(C)c1ccccc1Cl. The van der Waals surface area contributed by atoms with Crippen molar-refractivity contribution in [3.05, 3.63) is 64.8 Å². The molecule has 9 nitrogen and oxygen atoms in total. The van der Waals surface area contributed by atoms with Crippen LogP contribution in [0.3, 0.4) is 0 Å². The molecule has 0 radical (unpaired) electrons. The summed E-state index contributed by atoms with van der Waals surface area (Å²) in [6.45, 7) is 3.37. The van der Waals surface area contributed by atoms with Gasteiger partial charge in [-0.3, -0.25) is 10.1 Å². The Morgan fingerprint density at radius 1 is 1.12 bits per heavy atom. The zero-order chi connectivity index (χ0) is 24.2. The molecule has 174 valence electrons. The Balaban J connectivity index is 1.71. The summed E-state index contributed by atoms with van der Waals surface area (Å²) in [5, 5.41) is 9.55. The van der Waals surface area contributed by atoms with Crippen molar-refractivity contribution in [1.29, 1.82) is 0 Å². The number of anilines is 2. The average molecular weight is 492 g/mol. The van der Waals surface area contributed by atoms with Crippen molar-refractivity contribution in [2.24, 2.45) is 0 Å². The predicted octanol–water partition coefficient (Wildman–Crippen LogP) is 4.60. The molecule has 2 N–H and O–H groups in total. The Morgan fingerprint density at radius 3 is 2.42 bits per heavy atom. The lowest BCUT2D eigenvalue weighted by atomic mass is 10.1. The van der Waals surface area contributed by atoms with Crippen LogP contribution in [0.4, 0.5) is 16.2 Å². The van der Waals surface area contributed by atoms with Gasteiger partial charge in [-0.25, -0.2) is 13.2 Å². The number of amides is 2. The van der Waals surface area contributed by atoms with Crippen LogP contribution in [0.25, 0.3) is 11.3 Å². The molecule has 0 aliphatic rings. The van der Waals surface area contributed by atoms with Gasteiger partial charge in [0, 0.05) is 28.1 Å². The lowest BCUT2D eigenvalue weighted by Crippen LogP contribution is -2.21. The molecule has 0 saturated heterocycles. The quantitative estimate of drug-likeness (QED) is 0.494. The van der Waals surface area contributed by atoms with E-state index in [4.69, 9.17) is 20.9 Å². The highest BCUT2D eigenvalue weighted by atomic mass is 35.5. The normalized spacial score (nSPS) is 12.1. The number of sulfone groups is 1. The minimum Gasteiger partial charge on any atom is -0.441 e. The second-order valence-corrected chi connectivity index (χ2v) is 9.91. The highest BCUT2D eigenvalue weighted by Crippen LogP contribution is 2.32. The lowest BCUT2D eigenvalue weighted by Gasteiger charge is -2.15. The van der Waals surface area contributed by atoms with E-state index in [0.29, 0.717) is 39.0 Å². The van der Waals surface area contributed by atoms with Gasteiger partial charge in [0.15, 0.2) is 15.6 Å². The number of halogens is 1. The highest BCUT2D eigenvalue weighted by molar-refractivity contribution is 7.91. The summed E-state index contributed by atoms with van der Waals surface area (Å²) in [7, 11) is -3.43. The van der Waals surface area contributed by atoms with Crippen LogP contribution in [0.5, 0.6) is 0 Å². The van der Waals surface area contributed by atoms with Gasteiger partial charge in [-0.05, 0) is 44.2 Å². The minimum absolute atomic E-state index is 0.295. The van der Waals surface area contributed by atoms with Crippen molar-refractivity contribution < 1.29 is 27.3 Å². The van der Waals surface area contributed by atoms with Gasteiger partial charge in [-0.1, -0.05) is 35.0 Å². The van der Waals surface area contributed by atoms with Crippen LogP contribution in [0.2, 0.25) is 5.02 Å². The summed E-state index contributed by atoms with van der Waals surface area (Å²) < 4.78 is 33.3. The molecule has 0 aliphatic heterocycles. The maximum atomic E-state index is 12.5. The molecule has 11 heteroatoms. The molecule has 3 aromatic rings. The van der Waals surface area contributed by atoms with Crippen LogP contribution in [-0.2, 0) is 19.4 Å². The number of nitrogens with one attached hydrogen (secondary N) is 2. The number of benzene rings is 2. The lowest BCUT2D eigenvalue weighted by molar-refractivity contribution is -0.113. The van der Waals surface area contributed by atoms with Crippen molar-refractivity contribution in [1.82, 2.24) is 5.16 Å². The van der Waals surface area contributed by atoms with E-state index in [2.05, 4.69) is 15.8 Å². The Labute approximate surface area is 196 Å². The van der Waals surface area contributed by atoms with Crippen LogP contribution in [0, 0.1) is 6.92 Å². The average Bonchev–Trinajstić information content (AvgIpc) is 3.07. The molecule has 1 heterocycles. The van der Waals surface area contributed by atoms with Crippen LogP contribution >= 0.6 is 11.6 Å². The van der Waals surface area contributed by atoms with E-state index < -0.39 is 33.7 Å². The van der Waals surface area contributed by atoms with Gasteiger partial charge in [-0.15, -0.1) is 0 Å². The number of aromatic nitrogens is 1. The Bertz CT molecular complexity index is 1270. The Morgan fingerprint density at radius 2 is 1.79 bits per heavy atom. The molecule has 33 heavy (non-hydrogen) atoms. The molecule has 1 aromatic heterocycles. The maximum absolute atomic E-state index is 12.5. The molecule has 0 aliphatic carbocycles. The monoisotopic (exact) mass is 491 g/mol. The Hall–Kier alpha value is -3.37. The molecule has 3 rings (SSSR count). The van der Waals surface area contributed by atoms with Gasteiger partial charge >= 0.3 is 6.09 Å².